The molecule has 29 heavy (non-hydrogen) atoms. The highest BCUT2D eigenvalue weighted by Crippen LogP contribution is 2.38. The Bertz CT molecular complexity index is 947. The predicted octanol–water partition coefficient (Wildman–Crippen LogP) is 4.43. The van der Waals surface area contributed by atoms with Gasteiger partial charge in [-0.1, -0.05) is 30.3 Å². The first-order valence-electron chi connectivity index (χ1n) is 9.05. The van der Waals surface area contributed by atoms with Crippen LogP contribution in [0.3, 0.4) is 0 Å². The van der Waals surface area contributed by atoms with Crippen molar-refractivity contribution in [2.45, 2.75) is 6.54 Å². The fourth-order valence-electron chi connectivity index (χ4n) is 2.87. The third kappa shape index (κ3) is 4.79. The summed E-state index contributed by atoms with van der Waals surface area (Å²) < 4.78 is 21.9. The van der Waals surface area contributed by atoms with Gasteiger partial charge in [0.05, 0.1) is 26.9 Å². The van der Waals surface area contributed by atoms with E-state index < -0.39 is 0 Å². The van der Waals surface area contributed by atoms with Crippen LogP contribution in [-0.2, 0) is 6.54 Å². The molecule has 0 radical (unpaired) electrons. The number of benzene rings is 3. The van der Waals surface area contributed by atoms with Crippen molar-refractivity contribution in [2.24, 2.45) is 0 Å². The fourth-order valence-corrected chi connectivity index (χ4v) is 2.87. The van der Waals surface area contributed by atoms with Gasteiger partial charge >= 0.3 is 0 Å². The van der Waals surface area contributed by atoms with Crippen LogP contribution in [0.15, 0.2) is 66.7 Å². The molecule has 0 aliphatic carbocycles. The number of carbonyl (C=O) groups excluding carboxylic acids is 1. The minimum Gasteiger partial charge on any atom is -0.493 e. The van der Waals surface area contributed by atoms with Gasteiger partial charge in [0.15, 0.2) is 11.5 Å². The molecular formula is C23H23NO5. The molecule has 0 saturated heterocycles. The second-order valence-corrected chi connectivity index (χ2v) is 6.13. The molecule has 0 fully saturated rings. The topological polar surface area (TPSA) is 66.0 Å². The van der Waals surface area contributed by atoms with Crippen LogP contribution in [0.4, 0.5) is 0 Å². The van der Waals surface area contributed by atoms with Gasteiger partial charge in [0.25, 0.3) is 5.91 Å². The third-order valence-corrected chi connectivity index (χ3v) is 4.28. The van der Waals surface area contributed by atoms with E-state index in [4.69, 9.17) is 18.9 Å². The third-order valence-electron chi connectivity index (χ3n) is 4.28. The lowest BCUT2D eigenvalue weighted by molar-refractivity contribution is 0.0948. The Labute approximate surface area is 170 Å². The van der Waals surface area contributed by atoms with Gasteiger partial charge < -0.3 is 24.3 Å². The molecule has 1 amide bonds. The lowest BCUT2D eigenvalue weighted by Gasteiger charge is -2.15. The van der Waals surface area contributed by atoms with E-state index in [1.54, 1.807) is 51.7 Å². The molecule has 0 atom stereocenters. The number of hydrogen-bond acceptors (Lipinski definition) is 5. The first kappa shape index (κ1) is 20.1. The molecule has 3 aromatic carbocycles. The first-order chi connectivity index (χ1) is 14.2. The van der Waals surface area contributed by atoms with Crippen LogP contribution in [-0.4, -0.2) is 27.2 Å². The van der Waals surface area contributed by atoms with Crippen LogP contribution in [0.2, 0.25) is 0 Å². The highest BCUT2D eigenvalue weighted by Gasteiger charge is 2.16. The molecule has 0 spiro atoms. The van der Waals surface area contributed by atoms with E-state index in [2.05, 4.69) is 5.32 Å². The molecule has 6 heteroatoms. The maximum absolute atomic E-state index is 12.8. The molecule has 150 valence electrons. The predicted molar refractivity (Wildman–Crippen MR) is 110 cm³/mol. The van der Waals surface area contributed by atoms with Crippen LogP contribution in [0, 0.1) is 0 Å². The van der Waals surface area contributed by atoms with E-state index in [1.165, 1.54) is 0 Å². The van der Waals surface area contributed by atoms with Gasteiger partial charge in [-0.2, -0.15) is 0 Å². The smallest absolute Gasteiger partial charge is 0.255 e. The van der Waals surface area contributed by atoms with Gasteiger partial charge in [-0.3, -0.25) is 4.79 Å². The van der Waals surface area contributed by atoms with Crippen LogP contribution >= 0.6 is 0 Å². The van der Waals surface area contributed by atoms with Gasteiger partial charge in [-0.05, 0) is 42.0 Å². The zero-order chi connectivity index (χ0) is 20.6. The Morgan fingerprint density at radius 3 is 2.03 bits per heavy atom. The summed E-state index contributed by atoms with van der Waals surface area (Å²) in [5, 5.41) is 2.91. The van der Waals surface area contributed by atoms with Crippen molar-refractivity contribution >= 4 is 5.91 Å². The standard InChI is InChI=1S/C23H23NO5/c1-26-20-13-16(14-21(27-2)22(20)28-3)15-24-23(25)18-11-7-8-12-19(18)29-17-9-5-4-6-10-17/h4-14H,15H2,1-3H3,(H,24,25). The number of methoxy groups -OCH3 is 3. The number of ether oxygens (including phenoxy) is 4. The van der Waals surface area contributed by atoms with Crippen LogP contribution in [0.25, 0.3) is 0 Å². The quantitative estimate of drug-likeness (QED) is 0.613. The minimum atomic E-state index is -0.245. The zero-order valence-electron chi connectivity index (χ0n) is 16.6. The maximum atomic E-state index is 12.8. The van der Waals surface area contributed by atoms with Crippen molar-refractivity contribution in [3.8, 4) is 28.7 Å². The van der Waals surface area contributed by atoms with E-state index in [0.29, 0.717) is 34.3 Å². The zero-order valence-corrected chi connectivity index (χ0v) is 16.6. The lowest BCUT2D eigenvalue weighted by Crippen LogP contribution is -2.23. The van der Waals surface area contributed by atoms with E-state index in [-0.39, 0.29) is 12.5 Å². The molecule has 3 aromatic rings. The monoisotopic (exact) mass is 393 g/mol. The number of hydrogen-bond donors (Lipinski definition) is 1. The Hall–Kier alpha value is -3.67. The first-order valence-corrected chi connectivity index (χ1v) is 9.05. The molecule has 0 aliphatic rings. The van der Waals surface area contributed by atoms with E-state index in [9.17, 15) is 4.79 Å². The van der Waals surface area contributed by atoms with Gasteiger partial charge in [0.2, 0.25) is 5.75 Å². The van der Waals surface area contributed by atoms with E-state index in [0.717, 1.165) is 5.56 Å². The summed E-state index contributed by atoms with van der Waals surface area (Å²) in [5.74, 6) is 2.48. The second kappa shape index (κ2) is 9.50. The summed E-state index contributed by atoms with van der Waals surface area (Å²) in [6, 6.07) is 20.1. The average molecular weight is 393 g/mol. The Balaban J connectivity index is 1.76. The van der Waals surface area contributed by atoms with Crippen molar-refractivity contribution in [3.63, 3.8) is 0 Å². The molecule has 0 aliphatic heterocycles. The van der Waals surface area contributed by atoms with Crippen LogP contribution < -0.4 is 24.3 Å². The summed E-state index contributed by atoms with van der Waals surface area (Å²) in [4.78, 5) is 12.8. The maximum Gasteiger partial charge on any atom is 0.255 e. The van der Waals surface area contributed by atoms with Crippen LogP contribution in [0.5, 0.6) is 28.7 Å². The SMILES string of the molecule is COc1cc(CNC(=O)c2ccccc2Oc2ccccc2)cc(OC)c1OC. The number of amides is 1. The summed E-state index contributed by atoms with van der Waals surface area (Å²) in [6.45, 7) is 0.287. The van der Waals surface area contributed by atoms with Gasteiger partial charge in [-0.25, -0.2) is 0 Å². The summed E-state index contributed by atoms with van der Waals surface area (Å²) in [5.41, 5.74) is 1.26. The highest BCUT2D eigenvalue weighted by molar-refractivity contribution is 5.97. The molecule has 0 heterocycles. The summed E-state index contributed by atoms with van der Waals surface area (Å²) >= 11 is 0. The Morgan fingerprint density at radius 2 is 1.41 bits per heavy atom. The summed E-state index contributed by atoms with van der Waals surface area (Å²) in [6.07, 6.45) is 0. The number of nitrogens with one attached hydrogen (secondary N) is 1. The molecule has 0 bridgehead atoms. The van der Waals surface area contributed by atoms with Crippen molar-refractivity contribution in [1.29, 1.82) is 0 Å². The average Bonchev–Trinajstić information content (AvgIpc) is 2.77. The molecular weight excluding hydrogens is 370 g/mol. The number of para-hydroxylation sites is 2. The second-order valence-electron chi connectivity index (χ2n) is 6.13. The fraction of sp³-hybridized carbons (Fsp3) is 0.174. The highest BCUT2D eigenvalue weighted by atomic mass is 16.5. The molecule has 3 rings (SSSR count). The lowest BCUT2D eigenvalue weighted by atomic mass is 10.1. The largest absolute Gasteiger partial charge is 0.493 e. The van der Waals surface area contributed by atoms with Crippen molar-refractivity contribution in [3.05, 3.63) is 77.9 Å². The van der Waals surface area contributed by atoms with Gasteiger partial charge in [0, 0.05) is 6.54 Å². The molecule has 0 saturated carbocycles. The Morgan fingerprint density at radius 1 is 0.793 bits per heavy atom. The normalized spacial score (nSPS) is 10.2. The van der Waals surface area contributed by atoms with Crippen LogP contribution in [0.1, 0.15) is 15.9 Å². The number of rotatable bonds is 8. The summed E-state index contributed by atoms with van der Waals surface area (Å²) in [7, 11) is 4.65. The molecule has 6 nitrogen and oxygen atoms in total. The van der Waals surface area contributed by atoms with E-state index in [1.807, 2.05) is 36.4 Å². The van der Waals surface area contributed by atoms with Crippen molar-refractivity contribution in [1.82, 2.24) is 5.32 Å². The van der Waals surface area contributed by atoms with E-state index >= 15 is 0 Å². The van der Waals surface area contributed by atoms with Gasteiger partial charge in [0.1, 0.15) is 11.5 Å². The molecule has 1 N–H and O–H groups in total. The van der Waals surface area contributed by atoms with Crippen molar-refractivity contribution in [2.75, 3.05) is 21.3 Å². The molecule has 0 aromatic heterocycles. The number of carbonyl (C=O) groups is 1. The Kier molecular flexibility index (Phi) is 6.58. The minimum absolute atomic E-state index is 0.245. The molecule has 0 unspecified atom stereocenters. The van der Waals surface area contributed by atoms with Gasteiger partial charge in [-0.15, -0.1) is 0 Å². The van der Waals surface area contributed by atoms with Crippen molar-refractivity contribution < 1.29 is 23.7 Å².